The van der Waals surface area contributed by atoms with Gasteiger partial charge >= 0.3 is 0 Å². The largest absolute Gasteiger partial charge is 0.370 e. The van der Waals surface area contributed by atoms with Gasteiger partial charge in [0.15, 0.2) is 11.6 Å². The van der Waals surface area contributed by atoms with Crippen LogP contribution in [0.5, 0.6) is 0 Å². The molecule has 0 spiro atoms. The number of benzene rings is 1. The molecule has 1 aliphatic rings. The number of fused-ring (bicyclic) bond motifs is 1. The second-order valence-electron chi connectivity index (χ2n) is 7.04. The molecule has 4 rings (SSSR count). The van der Waals surface area contributed by atoms with Crippen LogP contribution in [-0.2, 0) is 4.79 Å². The number of H-pyrrole nitrogens is 1. The summed E-state index contributed by atoms with van der Waals surface area (Å²) in [4.78, 5) is 33.4. The number of carbonyl (C=O) groups excluding carboxylic acids is 2. The van der Waals surface area contributed by atoms with Gasteiger partial charge in [0.05, 0.1) is 11.9 Å². The van der Waals surface area contributed by atoms with Gasteiger partial charge in [0.2, 0.25) is 0 Å². The summed E-state index contributed by atoms with van der Waals surface area (Å²) in [6.07, 6.45) is 7.66. The Morgan fingerprint density at radius 1 is 1.26 bits per heavy atom. The Morgan fingerprint density at radius 3 is 2.78 bits per heavy atom. The Morgan fingerprint density at radius 2 is 2.04 bits per heavy atom. The smallest absolute Gasteiger partial charge is 0.163 e. The average Bonchev–Trinajstić information content (AvgIpc) is 3.05. The van der Waals surface area contributed by atoms with Crippen molar-refractivity contribution in [1.82, 2.24) is 9.97 Å². The molecule has 0 amide bonds. The van der Waals surface area contributed by atoms with Crippen LogP contribution in [0.1, 0.15) is 29.3 Å². The number of anilines is 1. The van der Waals surface area contributed by atoms with Gasteiger partial charge in [-0.25, -0.2) is 4.98 Å². The fourth-order valence-electron chi connectivity index (χ4n) is 3.44. The van der Waals surface area contributed by atoms with Crippen molar-refractivity contribution in [2.24, 2.45) is 5.92 Å². The minimum atomic E-state index is 0.0159. The van der Waals surface area contributed by atoms with Crippen molar-refractivity contribution in [2.45, 2.75) is 13.3 Å². The molecule has 5 nitrogen and oxygen atoms in total. The number of nitrogens with zero attached hydrogens (tertiary/aromatic N) is 2. The molecule has 1 fully saturated rings. The van der Waals surface area contributed by atoms with E-state index in [-0.39, 0.29) is 11.6 Å². The topological polar surface area (TPSA) is 66.1 Å². The Bertz CT molecular complexity index is 1010. The zero-order chi connectivity index (χ0) is 18.8. The number of carbonyl (C=O) groups is 2. The van der Waals surface area contributed by atoms with Gasteiger partial charge in [0, 0.05) is 48.1 Å². The number of hydrogen-bond donors (Lipinski definition) is 1. The Hall–Kier alpha value is -3.21. The maximum Gasteiger partial charge on any atom is 0.163 e. The Balaban J connectivity index is 1.43. The number of Topliss-reactive ketones (excluding diaryl/α,β-unsaturated/α-hetero) is 1. The van der Waals surface area contributed by atoms with Gasteiger partial charge in [-0.2, -0.15) is 0 Å². The number of hydrogen-bond acceptors (Lipinski definition) is 4. The predicted molar refractivity (Wildman–Crippen MR) is 107 cm³/mol. The zero-order valence-corrected chi connectivity index (χ0v) is 15.2. The lowest BCUT2D eigenvalue weighted by atomic mass is 9.91. The average molecular weight is 359 g/mol. The van der Waals surface area contributed by atoms with Crippen molar-refractivity contribution in [3.63, 3.8) is 0 Å². The van der Waals surface area contributed by atoms with Crippen molar-refractivity contribution in [3.8, 4) is 0 Å². The summed E-state index contributed by atoms with van der Waals surface area (Å²) in [5, 5.41) is 0.994. The third kappa shape index (κ3) is 3.67. The van der Waals surface area contributed by atoms with Crippen molar-refractivity contribution in [3.05, 3.63) is 66.0 Å². The van der Waals surface area contributed by atoms with E-state index in [1.54, 1.807) is 6.08 Å². The van der Waals surface area contributed by atoms with Crippen molar-refractivity contribution >= 4 is 34.4 Å². The highest BCUT2D eigenvalue weighted by molar-refractivity contribution is 5.97. The van der Waals surface area contributed by atoms with Crippen molar-refractivity contribution < 1.29 is 9.59 Å². The van der Waals surface area contributed by atoms with Gasteiger partial charge in [-0.3, -0.25) is 9.59 Å². The van der Waals surface area contributed by atoms with Gasteiger partial charge < -0.3 is 9.88 Å². The minimum Gasteiger partial charge on any atom is -0.370 e. The van der Waals surface area contributed by atoms with Crippen molar-refractivity contribution in [2.75, 3.05) is 18.0 Å². The van der Waals surface area contributed by atoms with E-state index in [0.717, 1.165) is 40.9 Å². The summed E-state index contributed by atoms with van der Waals surface area (Å²) < 4.78 is 0. The maximum absolute atomic E-state index is 12.3. The standard InChI is InChI=1S/C22H21N3O2/c1-15(26)7-8-18-11-23-22-20(18)10-19(12-24-22)25-13-16(14-25)9-21(27)17-5-3-2-4-6-17/h2-8,10-12,16H,9,13-14H2,1H3,(H,23,24)/b8-7+. The molecule has 1 N–H and O–H groups in total. The molecule has 0 unspecified atom stereocenters. The van der Waals surface area contributed by atoms with E-state index in [4.69, 9.17) is 0 Å². The van der Waals surface area contributed by atoms with Gasteiger partial charge in [0.1, 0.15) is 5.65 Å². The summed E-state index contributed by atoms with van der Waals surface area (Å²) >= 11 is 0. The molecule has 0 radical (unpaired) electrons. The number of pyridine rings is 1. The van der Waals surface area contributed by atoms with Gasteiger partial charge in [-0.1, -0.05) is 30.3 Å². The molecule has 0 bridgehead atoms. The predicted octanol–water partition coefficient (Wildman–Crippen LogP) is 3.87. The van der Waals surface area contributed by atoms with Crippen LogP contribution in [0.25, 0.3) is 17.1 Å². The van der Waals surface area contributed by atoms with E-state index >= 15 is 0 Å². The van der Waals surface area contributed by atoms with Crippen LogP contribution in [0, 0.1) is 5.92 Å². The number of ketones is 2. The van der Waals surface area contributed by atoms with Crippen LogP contribution < -0.4 is 4.90 Å². The monoisotopic (exact) mass is 359 g/mol. The van der Waals surface area contributed by atoms with Crippen LogP contribution in [0.2, 0.25) is 0 Å². The van der Waals surface area contributed by atoms with E-state index in [0.29, 0.717) is 12.3 Å². The highest BCUT2D eigenvalue weighted by Gasteiger charge is 2.29. The lowest BCUT2D eigenvalue weighted by Crippen LogP contribution is -2.47. The quantitative estimate of drug-likeness (QED) is 0.536. The minimum absolute atomic E-state index is 0.0159. The van der Waals surface area contributed by atoms with Gasteiger partial charge in [-0.15, -0.1) is 0 Å². The summed E-state index contributed by atoms with van der Waals surface area (Å²) in [5.74, 6) is 0.593. The number of aromatic amines is 1. The molecule has 1 aliphatic heterocycles. The third-order valence-electron chi connectivity index (χ3n) is 4.94. The summed E-state index contributed by atoms with van der Waals surface area (Å²) in [5.41, 5.74) is 3.58. The fourth-order valence-corrected chi connectivity index (χ4v) is 3.44. The first-order chi connectivity index (χ1) is 13.1. The Labute approximate surface area is 157 Å². The number of nitrogens with one attached hydrogen (secondary N) is 1. The molecule has 5 heteroatoms. The lowest BCUT2D eigenvalue weighted by molar-refractivity contribution is -0.112. The summed E-state index contributed by atoms with van der Waals surface area (Å²) in [6, 6.07) is 11.6. The SMILES string of the molecule is CC(=O)/C=C/c1c[nH]c2ncc(N3CC(CC(=O)c4ccccc4)C3)cc12. The Kier molecular flexibility index (Phi) is 4.59. The van der Waals surface area contributed by atoms with Crippen LogP contribution in [0.3, 0.4) is 0 Å². The molecule has 3 heterocycles. The van der Waals surface area contributed by atoms with Crippen LogP contribution in [0.4, 0.5) is 5.69 Å². The van der Waals surface area contributed by atoms with E-state index in [2.05, 4.69) is 20.9 Å². The summed E-state index contributed by atoms with van der Waals surface area (Å²) in [6.45, 7) is 3.25. The zero-order valence-electron chi connectivity index (χ0n) is 15.2. The van der Waals surface area contributed by atoms with Gasteiger partial charge in [0.25, 0.3) is 0 Å². The second-order valence-corrected chi connectivity index (χ2v) is 7.04. The molecule has 3 aromatic rings. The highest BCUT2D eigenvalue weighted by atomic mass is 16.1. The fraction of sp³-hybridized carbons (Fsp3) is 0.227. The normalized spacial score (nSPS) is 14.6. The number of rotatable bonds is 6. The molecular weight excluding hydrogens is 338 g/mol. The molecule has 2 aromatic heterocycles. The van der Waals surface area contributed by atoms with Gasteiger partial charge in [-0.05, 0) is 25.1 Å². The lowest BCUT2D eigenvalue weighted by Gasteiger charge is -2.40. The van der Waals surface area contributed by atoms with Crippen LogP contribution >= 0.6 is 0 Å². The molecule has 27 heavy (non-hydrogen) atoms. The van der Waals surface area contributed by atoms with Crippen molar-refractivity contribution in [1.29, 1.82) is 0 Å². The van der Waals surface area contributed by atoms with E-state index in [9.17, 15) is 9.59 Å². The van der Waals surface area contributed by atoms with E-state index < -0.39 is 0 Å². The molecular formula is C22H21N3O2. The molecule has 0 aliphatic carbocycles. The first kappa shape index (κ1) is 17.2. The van der Waals surface area contributed by atoms with E-state index in [1.807, 2.05) is 48.8 Å². The molecule has 1 saturated heterocycles. The van der Waals surface area contributed by atoms with Crippen LogP contribution in [-0.4, -0.2) is 34.6 Å². The number of aromatic nitrogens is 2. The first-order valence-corrected chi connectivity index (χ1v) is 9.09. The first-order valence-electron chi connectivity index (χ1n) is 9.09. The highest BCUT2D eigenvalue weighted by Crippen LogP contribution is 2.30. The van der Waals surface area contributed by atoms with Crippen LogP contribution in [0.15, 0.2) is 54.9 Å². The maximum atomic E-state index is 12.3. The molecule has 1 aromatic carbocycles. The molecule has 136 valence electrons. The third-order valence-corrected chi connectivity index (χ3v) is 4.94. The summed E-state index contributed by atoms with van der Waals surface area (Å²) in [7, 11) is 0. The molecule has 0 atom stereocenters. The number of allylic oxidation sites excluding steroid dienone is 1. The second kappa shape index (κ2) is 7.19. The molecule has 0 saturated carbocycles. The van der Waals surface area contributed by atoms with E-state index in [1.165, 1.54) is 6.92 Å².